The van der Waals surface area contributed by atoms with Crippen molar-refractivity contribution in [2.75, 3.05) is 13.1 Å². The van der Waals surface area contributed by atoms with Crippen LogP contribution in [-0.2, 0) is 13.0 Å². The van der Waals surface area contributed by atoms with Gasteiger partial charge in [-0.1, -0.05) is 13.0 Å². The standard InChI is InChI=1S/C15H20N2S/c1-3-17(12-15-8-7-13(2)18-15)11-9-14-6-4-5-10-16-14/h4-8,10H,3,9,11-12H2,1-2H3. The molecule has 0 bridgehead atoms. The quantitative estimate of drug-likeness (QED) is 0.790. The Morgan fingerprint density at radius 3 is 2.72 bits per heavy atom. The third kappa shape index (κ3) is 3.93. The van der Waals surface area contributed by atoms with E-state index in [1.54, 1.807) is 0 Å². The molecule has 0 spiro atoms. The largest absolute Gasteiger partial charge is 0.298 e. The molecule has 2 heterocycles. The first kappa shape index (κ1) is 13.2. The van der Waals surface area contributed by atoms with E-state index in [2.05, 4.69) is 48.0 Å². The lowest BCUT2D eigenvalue weighted by Gasteiger charge is -2.19. The third-order valence-corrected chi connectivity index (χ3v) is 4.02. The summed E-state index contributed by atoms with van der Waals surface area (Å²) in [6.07, 6.45) is 2.90. The van der Waals surface area contributed by atoms with E-state index in [9.17, 15) is 0 Å². The van der Waals surface area contributed by atoms with Crippen LogP contribution in [0.25, 0.3) is 0 Å². The van der Waals surface area contributed by atoms with Gasteiger partial charge in [0.1, 0.15) is 0 Å². The van der Waals surface area contributed by atoms with Crippen LogP contribution in [0.4, 0.5) is 0 Å². The van der Waals surface area contributed by atoms with Gasteiger partial charge in [-0.05, 0) is 37.7 Å². The summed E-state index contributed by atoms with van der Waals surface area (Å²) in [6, 6.07) is 10.6. The predicted molar refractivity (Wildman–Crippen MR) is 77.9 cm³/mol. The number of likely N-dealkylation sites (N-methyl/N-ethyl adjacent to an activating group) is 1. The van der Waals surface area contributed by atoms with Crippen LogP contribution in [0.1, 0.15) is 22.4 Å². The van der Waals surface area contributed by atoms with Crippen molar-refractivity contribution < 1.29 is 0 Å². The Labute approximate surface area is 113 Å². The molecule has 0 aromatic carbocycles. The first-order chi connectivity index (χ1) is 8.78. The molecule has 2 aromatic rings. The van der Waals surface area contributed by atoms with E-state index in [-0.39, 0.29) is 0 Å². The summed E-state index contributed by atoms with van der Waals surface area (Å²) in [4.78, 5) is 9.69. The molecule has 0 aliphatic rings. The van der Waals surface area contributed by atoms with Crippen molar-refractivity contribution in [1.29, 1.82) is 0 Å². The number of rotatable bonds is 6. The van der Waals surface area contributed by atoms with Crippen LogP contribution in [0.15, 0.2) is 36.5 Å². The second-order valence-corrected chi connectivity index (χ2v) is 5.82. The maximum atomic E-state index is 4.37. The fourth-order valence-electron chi connectivity index (χ4n) is 1.96. The first-order valence-corrected chi connectivity index (χ1v) is 7.27. The Morgan fingerprint density at radius 2 is 2.11 bits per heavy atom. The number of hydrogen-bond donors (Lipinski definition) is 0. The molecule has 0 radical (unpaired) electrons. The summed E-state index contributed by atoms with van der Waals surface area (Å²) in [5.74, 6) is 0. The number of nitrogens with zero attached hydrogens (tertiary/aromatic N) is 2. The van der Waals surface area contributed by atoms with Crippen LogP contribution in [0.3, 0.4) is 0 Å². The molecular weight excluding hydrogens is 240 g/mol. The zero-order valence-electron chi connectivity index (χ0n) is 11.1. The van der Waals surface area contributed by atoms with E-state index >= 15 is 0 Å². The van der Waals surface area contributed by atoms with Crippen molar-refractivity contribution in [2.45, 2.75) is 26.8 Å². The summed E-state index contributed by atoms with van der Waals surface area (Å²) in [5, 5.41) is 0. The minimum atomic E-state index is 1.03. The molecule has 0 aliphatic heterocycles. The van der Waals surface area contributed by atoms with Crippen LogP contribution < -0.4 is 0 Å². The second kappa shape index (κ2) is 6.66. The van der Waals surface area contributed by atoms with Gasteiger partial charge in [0.15, 0.2) is 0 Å². The first-order valence-electron chi connectivity index (χ1n) is 6.45. The van der Waals surface area contributed by atoms with Crippen LogP contribution in [-0.4, -0.2) is 23.0 Å². The van der Waals surface area contributed by atoms with Gasteiger partial charge in [0, 0.05) is 41.2 Å². The number of thiophene rings is 1. The molecule has 0 saturated heterocycles. The van der Waals surface area contributed by atoms with Crippen LogP contribution in [0.5, 0.6) is 0 Å². The van der Waals surface area contributed by atoms with Crippen LogP contribution in [0, 0.1) is 6.92 Å². The molecule has 0 aliphatic carbocycles. The molecule has 0 saturated carbocycles. The highest BCUT2D eigenvalue weighted by molar-refractivity contribution is 7.11. The molecule has 18 heavy (non-hydrogen) atoms. The van der Waals surface area contributed by atoms with E-state index in [4.69, 9.17) is 0 Å². The summed E-state index contributed by atoms with van der Waals surface area (Å²) >= 11 is 1.90. The smallest absolute Gasteiger partial charge is 0.0416 e. The maximum Gasteiger partial charge on any atom is 0.0416 e. The topological polar surface area (TPSA) is 16.1 Å². The highest BCUT2D eigenvalue weighted by Crippen LogP contribution is 2.17. The average molecular weight is 260 g/mol. The molecule has 96 valence electrons. The lowest BCUT2D eigenvalue weighted by molar-refractivity contribution is 0.285. The Hall–Kier alpha value is -1.19. The Morgan fingerprint density at radius 1 is 1.22 bits per heavy atom. The molecule has 2 rings (SSSR count). The van der Waals surface area contributed by atoms with Crippen molar-refractivity contribution in [2.24, 2.45) is 0 Å². The molecule has 0 atom stereocenters. The Balaban J connectivity index is 1.86. The van der Waals surface area contributed by atoms with Gasteiger partial charge >= 0.3 is 0 Å². The molecule has 0 amide bonds. The Bertz CT molecular complexity index is 464. The molecule has 3 heteroatoms. The number of aromatic nitrogens is 1. The third-order valence-electron chi connectivity index (χ3n) is 3.03. The summed E-state index contributed by atoms with van der Waals surface area (Å²) < 4.78 is 0. The molecule has 0 fully saturated rings. The van der Waals surface area contributed by atoms with Gasteiger partial charge < -0.3 is 0 Å². The van der Waals surface area contributed by atoms with Gasteiger partial charge in [0.25, 0.3) is 0 Å². The van der Waals surface area contributed by atoms with Crippen molar-refractivity contribution in [3.63, 3.8) is 0 Å². The van der Waals surface area contributed by atoms with Gasteiger partial charge in [-0.3, -0.25) is 9.88 Å². The van der Waals surface area contributed by atoms with E-state index in [1.165, 1.54) is 15.4 Å². The molecule has 2 aromatic heterocycles. The maximum absolute atomic E-state index is 4.37. The van der Waals surface area contributed by atoms with Gasteiger partial charge in [0.2, 0.25) is 0 Å². The Kier molecular flexibility index (Phi) is 4.90. The predicted octanol–water partition coefficient (Wildman–Crippen LogP) is 3.52. The lowest BCUT2D eigenvalue weighted by Crippen LogP contribution is -2.25. The number of hydrogen-bond acceptors (Lipinski definition) is 3. The normalized spacial score (nSPS) is 11.1. The molecule has 2 nitrogen and oxygen atoms in total. The summed E-state index contributed by atoms with van der Waals surface area (Å²) in [6.45, 7) is 7.60. The second-order valence-electron chi connectivity index (χ2n) is 4.45. The average Bonchev–Trinajstić information content (AvgIpc) is 2.81. The minimum absolute atomic E-state index is 1.03. The van der Waals surface area contributed by atoms with Crippen molar-refractivity contribution >= 4 is 11.3 Å². The van der Waals surface area contributed by atoms with Gasteiger partial charge in [-0.15, -0.1) is 11.3 Å². The van der Waals surface area contributed by atoms with Gasteiger partial charge in [-0.25, -0.2) is 0 Å². The van der Waals surface area contributed by atoms with Crippen LogP contribution >= 0.6 is 11.3 Å². The fourth-order valence-corrected chi connectivity index (χ4v) is 2.89. The fraction of sp³-hybridized carbons (Fsp3) is 0.400. The van der Waals surface area contributed by atoms with E-state index < -0.39 is 0 Å². The highest BCUT2D eigenvalue weighted by Gasteiger charge is 2.06. The highest BCUT2D eigenvalue weighted by atomic mass is 32.1. The molecule has 0 unspecified atom stereocenters. The number of aryl methyl sites for hydroxylation is 1. The zero-order valence-corrected chi connectivity index (χ0v) is 11.9. The van der Waals surface area contributed by atoms with E-state index in [1.807, 2.05) is 23.6 Å². The summed E-state index contributed by atoms with van der Waals surface area (Å²) in [5.41, 5.74) is 1.18. The van der Waals surface area contributed by atoms with Crippen LogP contribution in [0.2, 0.25) is 0 Å². The van der Waals surface area contributed by atoms with Crippen molar-refractivity contribution in [3.8, 4) is 0 Å². The van der Waals surface area contributed by atoms with Gasteiger partial charge in [0.05, 0.1) is 0 Å². The monoisotopic (exact) mass is 260 g/mol. The summed E-state index contributed by atoms with van der Waals surface area (Å²) in [7, 11) is 0. The molecular formula is C15H20N2S. The zero-order chi connectivity index (χ0) is 12.8. The lowest BCUT2D eigenvalue weighted by atomic mass is 10.2. The van der Waals surface area contributed by atoms with Crippen molar-refractivity contribution in [1.82, 2.24) is 9.88 Å². The SMILES string of the molecule is CCN(CCc1ccccn1)Cc1ccc(C)s1. The minimum Gasteiger partial charge on any atom is -0.298 e. The van der Waals surface area contributed by atoms with Crippen molar-refractivity contribution in [3.05, 3.63) is 52.0 Å². The van der Waals surface area contributed by atoms with Gasteiger partial charge in [-0.2, -0.15) is 0 Å². The molecule has 0 N–H and O–H groups in total. The number of pyridine rings is 1. The van der Waals surface area contributed by atoms with E-state index in [0.717, 1.165) is 26.1 Å². The van der Waals surface area contributed by atoms with E-state index in [0.29, 0.717) is 0 Å².